The molecule has 152 valence electrons. The summed E-state index contributed by atoms with van der Waals surface area (Å²) in [5.41, 5.74) is 9.20. The molecule has 0 heterocycles. The minimum Gasteiger partial charge on any atom is -0.0817 e. The molecule has 0 aliphatic rings. The molecule has 0 aliphatic heterocycles. The number of aryl methyl sites for hydroxylation is 2. The maximum absolute atomic E-state index is 2.49. The van der Waals surface area contributed by atoms with Crippen LogP contribution in [0.5, 0.6) is 0 Å². The molecular weight excluding hydrogens is 335 g/mol. The van der Waals surface area contributed by atoms with Crippen LogP contribution in [0.4, 0.5) is 0 Å². The lowest BCUT2D eigenvalue weighted by Gasteiger charge is -2.26. The second-order valence-corrected chi connectivity index (χ2v) is 9.58. The molecule has 2 rings (SSSR count). The smallest absolute Gasteiger partial charge is 0.0817 e. The summed E-state index contributed by atoms with van der Waals surface area (Å²) in [6.07, 6.45) is 4.79. The minimum absolute atomic E-state index is 0.571. The Bertz CT molecular complexity index is 708. The molecule has 28 heavy (non-hydrogen) atoms. The summed E-state index contributed by atoms with van der Waals surface area (Å²) in [5.74, 6) is 1.73. The quantitative estimate of drug-likeness (QED) is 0.396. The van der Waals surface area contributed by atoms with Crippen LogP contribution in [-0.2, 0) is 12.8 Å². The van der Waals surface area contributed by atoms with Crippen molar-refractivity contribution in [1.29, 1.82) is 0 Å². The zero-order valence-electron chi connectivity index (χ0n) is 19.6. The average Bonchev–Trinajstić information content (AvgIpc) is 2.66. The van der Waals surface area contributed by atoms with Crippen LogP contribution >= 0.6 is 0 Å². The van der Waals surface area contributed by atoms with E-state index in [1.54, 1.807) is 16.6 Å². The van der Waals surface area contributed by atoms with Gasteiger partial charge in [0.05, 0.1) is 0 Å². The Labute approximate surface area is 175 Å². The van der Waals surface area contributed by atoms with Crippen LogP contribution in [0.25, 0.3) is 0 Å². The summed E-state index contributed by atoms with van der Waals surface area (Å²) in [5, 5.41) is 0. The molecule has 0 amide bonds. The fourth-order valence-electron chi connectivity index (χ4n) is 4.27. The fourth-order valence-corrected chi connectivity index (χ4v) is 4.27. The van der Waals surface area contributed by atoms with E-state index in [-0.39, 0.29) is 0 Å². The number of hydrogen-bond donors (Lipinski definition) is 0. The van der Waals surface area contributed by atoms with Crippen molar-refractivity contribution in [2.45, 2.75) is 98.6 Å². The Morgan fingerprint density at radius 1 is 0.714 bits per heavy atom. The minimum atomic E-state index is 0.571. The Balaban J connectivity index is 2.28. The largest absolute Gasteiger partial charge is 0.173 e. The number of benzene rings is 2. The first-order chi connectivity index (χ1) is 13.2. The molecule has 0 saturated heterocycles. The van der Waals surface area contributed by atoms with E-state index in [4.69, 9.17) is 0 Å². The number of hydrogen-bond acceptors (Lipinski definition) is 0. The summed E-state index contributed by atoms with van der Waals surface area (Å²) in [6.45, 7) is 19.3. The molecule has 0 fully saturated rings. The molecule has 0 atom stereocenters. The van der Waals surface area contributed by atoms with Crippen LogP contribution < -0.4 is 5.46 Å². The Kier molecular flexibility index (Phi) is 8.41. The third-order valence-electron chi connectivity index (χ3n) is 6.10. The molecular formula is C27H41B. The monoisotopic (exact) mass is 376 g/mol. The van der Waals surface area contributed by atoms with Crippen molar-refractivity contribution >= 4 is 12.2 Å². The molecule has 2 aromatic carbocycles. The Morgan fingerprint density at radius 3 is 1.57 bits per heavy atom. The molecule has 0 saturated carbocycles. The highest BCUT2D eigenvalue weighted by Gasteiger charge is 2.23. The second-order valence-electron chi connectivity index (χ2n) is 9.58. The first-order valence-corrected chi connectivity index (χ1v) is 11.5. The lowest BCUT2D eigenvalue weighted by atomic mass is 9.41. The highest BCUT2D eigenvalue weighted by Crippen LogP contribution is 2.27. The van der Waals surface area contributed by atoms with Gasteiger partial charge in [0.2, 0.25) is 0 Å². The molecule has 0 spiro atoms. The third kappa shape index (κ3) is 5.75. The van der Waals surface area contributed by atoms with E-state index in [0.717, 1.165) is 6.42 Å². The lowest BCUT2D eigenvalue weighted by molar-refractivity contribution is 0.812. The van der Waals surface area contributed by atoms with E-state index in [1.807, 2.05) is 0 Å². The number of rotatable bonds is 9. The summed E-state index contributed by atoms with van der Waals surface area (Å²) >= 11 is 0. The summed E-state index contributed by atoms with van der Waals surface area (Å²) in [7, 11) is 0. The van der Waals surface area contributed by atoms with Gasteiger partial charge in [0.15, 0.2) is 6.71 Å². The van der Waals surface area contributed by atoms with Gasteiger partial charge in [-0.3, -0.25) is 0 Å². The van der Waals surface area contributed by atoms with E-state index in [2.05, 4.69) is 91.7 Å². The lowest BCUT2D eigenvalue weighted by Crippen LogP contribution is -2.35. The zero-order chi connectivity index (χ0) is 20.8. The predicted octanol–water partition coefficient (Wildman–Crippen LogP) is 7.58. The van der Waals surface area contributed by atoms with Gasteiger partial charge in [0.25, 0.3) is 0 Å². The fraction of sp³-hybridized carbons (Fsp3) is 0.556. The predicted molar refractivity (Wildman–Crippen MR) is 129 cm³/mol. The van der Waals surface area contributed by atoms with Gasteiger partial charge < -0.3 is 0 Å². The maximum Gasteiger partial charge on any atom is 0.173 e. The second kappa shape index (κ2) is 10.3. The van der Waals surface area contributed by atoms with E-state index in [9.17, 15) is 0 Å². The van der Waals surface area contributed by atoms with Crippen LogP contribution in [-0.4, -0.2) is 6.71 Å². The van der Waals surface area contributed by atoms with Crippen LogP contribution in [0, 0.1) is 0 Å². The highest BCUT2D eigenvalue weighted by molar-refractivity contribution is 6.73. The summed E-state index contributed by atoms with van der Waals surface area (Å²) < 4.78 is 0. The van der Waals surface area contributed by atoms with Crippen molar-refractivity contribution in [3.8, 4) is 0 Å². The van der Waals surface area contributed by atoms with Crippen LogP contribution in [0.15, 0.2) is 36.4 Å². The standard InChI is InChI=1S/C27H41B/c1-9-10-22-11-13-23(14-12-22)15-16-28(8)27-25(20(4)5)17-24(19(2)3)18-26(27)21(6)7/h11-14,17-21H,9-10,15-16H2,1-8H3. The van der Waals surface area contributed by atoms with Gasteiger partial charge in [-0.1, -0.05) is 121 Å². The topological polar surface area (TPSA) is 0 Å². The van der Waals surface area contributed by atoms with Crippen molar-refractivity contribution in [2.75, 3.05) is 0 Å². The first-order valence-electron chi connectivity index (χ1n) is 11.5. The van der Waals surface area contributed by atoms with Crippen molar-refractivity contribution in [2.24, 2.45) is 0 Å². The van der Waals surface area contributed by atoms with Crippen molar-refractivity contribution in [3.05, 3.63) is 64.2 Å². The molecule has 0 aromatic heterocycles. The molecule has 0 N–H and O–H groups in total. The van der Waals surface area contributed by atoms with Gasteiger partial charge in [-0.15, -0.1) is 0 Å². The van der Waals surface area contributed by atoms with E-state index < -0.39 is 0 Å². The van der Waals surface area contributed by atoms with Gasteiger partial charge in [-0.2, -0.15) is 0 Å². The van der Waals surface area contributed by atoms with E-state index in [0.29, 0.717) is 24.5 Å². The highest BCUT2D eigenvalue weighted by atomic mass is 14.2. The van der Waals surface area contributed by atoms with Gasteiger partial charge in [-0.05, 0) is 47.3 Å². The van der Waals surface area contributed by atoms with Crippen molar-refractivity contribution in [3.63, 3.8) is 0 Å². The normalized spacial score (nSPS) is 11.7. The van der Waals surface area contributed by atoms with Crippen molar-refractivity contribution in [1.82, 2.24) is 0 Å². The summed E-state index contributed by atoms with van der Waals surface area (Å²) in [6, 6.07) is 14.3. The summed E-state index contributed by atoms with van der Waals surface area (Å²) in [4.78, 5) is 0. The Morgan fingerprint density at radius 2 is 1.18 bits per heavy atom. The Hall–Kier alpha value is -1.50. The van der Waals surface area contributed by atoms with E-state index in [1.165, 1.54) is 35.9 Å². The molecule has 2 aromatic rings. The third-order valence-corrected chi connectivity index (χ3v) is 6.10. The van der Waals surface area contributed by atoms with Crippen LogP contribution in [0.1, 0.15) is 100 Å². The molecule has 0 nitrogen and oxygen atoms in total. The van der Waals surface area contributed by atoms with E-state index >= 15 is 0 Å². The van der Waals surface area contributed by atoms with Gasteiger partial charge in [0.1, 0.15) is 0 Å². The molecule has 1 heteroatoms. The SMILES string of the molecule is CCCc1ccc(CCB(C)c2c(C(C)C)cc(C(C)C)cc2C(C)C)cc1. The average molecular weight is 376 g/mol. The maximum atomic E-state index is 2.49. The van der Waals surface area contributed by atoms with Crippen molar-refractivity contribution < 1.29 is 0 Å². The zero-order valence-corrected chi connectivity index (χ0v) is 19.6. The first kappa shape index (κ1) is 22.8. The van der Waals surface area contributed by atoms with Gasteiger partial charge in [-0.25, -0.2) is 0 Å². The molecule has 0 unspecified atom stereocenters. The van der Waals surface area contributed by atoms with Crippen LogP contribution in [0.3, 0.4) is 0 Å². The van der Waals surface area contributed by atoms with Gasteiger partial charge in [0, 0.05) is 0 Å². The van der Waals surface area contributed by atoms with Crippen LogP contribution in [0.2, 0.25) is 13.1 Å². The molecule has 0 aliphatic carbocycles. The molecule has 0 radical (unpaired) electrons. The molecule has 0 bridgehead atoms. The van der Waals surface area contributed by atoms with Gasteiger partial charge >= 0.3 is 0 Å².